The first kappa shape index (κ1) is 21.1. The molecule has 0 bridgehead atoms. The average Bonchev–Trinajstić information content (AvgIpc) is 2.47. The average molecular weight is 353 g/mol. The van der Waals surface area contributed by atoms with Gasteiger partial charge < -0.3 is 20.3 Å². The SMILES string of the molecule is Cc1cc(NCCCN(C)C)nc(NCC(C)OC(C)C)c1[N+](=O)[O-]. The third kappa shape index (κ3) is 7.66. The molecule has 0 aliphatic rings. The molecule has 0 saturated heterocycles. The molecule has 1 unspecified atom stereocenters. The lowest BCUT2D eigenvalue weighted by Gasteiger charge is -2.18. The number of hydrogen-bond donors (Lipinski definition) is 2. The van der Waals surface area contributed by atoms with Crippen LogP contribution in [0.2, 0.25) is 0 Å². The number of nitro groups is 1. The zero-order valence-corrected chi connectivity index (χ0v) is 16.1. The molecule has 0 spiro atoms. The van der Waals surface area contributed by atoms with Crippen LogP contribution in [0, 0.1) is 17.0 Å². The van der Waals surface area contributed by atoms with Crippen molar-refractivity contribution in [3.05, 3.63) is 21.7 Å². The molecule has 25 heavy (non-hydrogen) atoms. The van der Waals surface area contributed by atoms with E-state index in [-0.39, 0.29) is 23.7 Å². The molecule has 1 aromatic rings. The van der Waals surface area contributed by atoms with Gasteiger partial charge in [-0.15, -0.1) is 0 Å². The van der Waals surface area contributed by atoms with Crippen LogP contribution < -0.4 is 10.6 Å². The van der Waals surface area contributed by atoms with Gasteiger partial charge in [0.1, 0.15) is 5.82 Å². The van der Waals surface area contributed by atoms with Crippen molar-refractivity contribution in [3.8, 4) is 0 Å². The molecule has 142 valence electrons. The first-order valence-electron chi connectivity index (χ1n) is 8.64. The molecule has 0 fully saturated rings. The van der Waals surface area contributed by atoms with E-state index in [9.17, 15) is 10.1 Å². The smallest absolute Gasteiger partial charge is 0.314 e. The minimum Gasteiger partial charge on any atom is -0.374 e. The van der Waals surface area contributed by atoms with Crippen molar-refractivity contribution >= 4 is 17.3 Å². The summed E-state index contributed by atoms with van der Waals surface area (Å²) in [5.41, 5.74) is 0.589. The standard InChI is InChI=1S/C17H31N5O3/c1-12(2)25-14(4)11-19-17-16(22(23)24)13(3)10-15(20-17)18-8-7-9-21(5)6/h10,12,14H,7-9,11H2,1-6H3,(H2,18,19,20). The van der Waals surface area contributed by atoms with Crippen molar-refractivity contribution in [1.82, 2.24) is 9.88 Å². The molecule has 1 aromatic heterocycles. The van der Waals surface area contributed by atoms with Crippen molar-refractivity contribution in [2.24, 2.45) is 0 Å². The lowest BCUT2D eigenvalue weighted by atomic mass is 10.2. The van der Waals surface area contributed by atoms with E-state index in [1.807, 2.05) is 34.9 Å². The van der Waals surface area contributed by atoms with E-state index in [0.717, 1.165) is 19.5 Å². The fourth-order valence-electron chi connectivity index (χ4n) is 2.48. The van der Waals surface area contributed by atoms with Crippen LogP contribution >= 0.6 is 0 Å². The quantitative estimate of drug-likeness (QED) is 0.359. The zero-order valence-electron chi connectivity index (χ0n) is 16.1. The minimum absolute atomic E-state index is 0.00980. The van der Waals surface area contributed by atoms with Crippen molar-refractivity contribution in [2.75, 3.05) is 44.4 Å². The molecule has 1 atom stereocenters. The number of nitrogens with one attached hydrogen (secondary N) is 2. The predicted octanol–water partition coefficient (Wildman–Crippen LogP) is 2.89. The summed E-state index contributed by atoms with van der Waals surface area (Å²) in [6.07, 6.45) is 0.997. The van der Waals surface area contributed by atoms with E-state index >= 15 is 0 Å². The van der Waals surface area contributed by atoms with Crippen LogP contribution in [0.5, 0.6) is 0 Å². The van der Waals surface area contributed by atoms with Crippen LogP contribution in [0.25, 0.3) is 0 Å². The number of pyridine rings is 1. The first-order chi connectivity index (χ1) is 11.7. The number of aryl methyl sites for hydroxylation is 1. The molecule has 8 heteroatoms. The Morgan fingerprint density at radius 3 is 2.56 bits per heavy atom. The molecular formula is C17H31N5O3. The fourth-order valence-corrected chi connectivity index (χ4v) is 2.48. The van der Waals surface area contributed by atoms with Crippen LogP contribution in [-0.2, 0) is 4.74 Å². The summed E-state index contributed by atoms with van der Waals surface area (Å²) < 4.78 is 5.65. The Bertz CT molecular complexity index is 563. The maximum atomic E-state index is 11.4. The maximum Gasteiger partial charge on any atom is 0.314 e. The van der Waals surface area contributed by atoms with Gasteiger partial charge in [0.2, 0.25) is 5.82 Å². The summed E-state index contributed by atoms with van der Waals surface area (Å²) in [6.45, 7) is 9.75. The molecule has 8 nitrogen and oxygen atoms in total. The summed E-state index contributed by atoms with van der Waals surface area (Å²) in [6, 6.07) is 1.72. The second-order valence-corrected chi connectivity index (χ2v) is 6.74. The summed E-state index contributed by atoms with van der Waals surface area (Å²) in [7, 11) is 4.05. The summed E-state index contributed by atoms with van der Waals surface area (Å²) in [5, 5.41) is 17.7. The van der Waals surface area contributed by atoms with Crippen LogP contribution in [0.3, 0.4) is 0 Å². The van der Waals surface area contributed by atoms with Gasteiger partial charge >= 0.3 is 5.69 Å². The van der Waals surface area contributed by atoms with E-state index < -0.39 is 4.92 Å². The van der Waals surface area contributed by atoms with Crippen molar-refractivity contribution < 1.29 is 9.66 Å². The highest BCUT2D eigenvalue weighted by molar-refractivity contribution is 5.64. The monoisotopic (exact) mass is 353 g/mol. The van der Waals surface area contributed by atoms with Crippen molar-refractivity contribution in [2.45, 2.75) is 46.3 Å². The number of ether oxygens (including phenoxy) is 1. The molecule has 1 rings (SSSR count). The molecule has 0 saturated carbocycles. The van der Waals surface area contributed by atoms with Gasteiger partial charge in [0.15, 0.2) is 0 Å². The highest BCUT2D eigenvalue weighted by atomic mass is 16.6. The molecule has 0 aliphatic carbocycles. The molecule has 0 aliphatic heterocycles. The van der Waals surface area contributed by atoms with Gasteiger partial charge in [-0.05, 0) is 60.8 Å². The number of nitrogens with zero attached hydrogens (tertiary/aromatic N) is 3. The summed E-state index contributed by atoms with van der Waals surface area (Å²) in [4.78, 5) is 17.5. The lowest BCUT2D eigenvalue weighted by Crippen LogP contribution is -2.24. The Morgan fingerprint density at radius 1 is 1.32 bits per heavy atom. The summed E-state index contributed by atoms with van der Waals surface area (Å²) in [5.74, 6) is 0.918. The Kier molecular flexibility index (Phi) is 8.57. The van der Waals surface area contributed by atoms with E-state index in [2.05, 4.69) is 20.5 Å². The Labute approximate surface area is 150 Å². The van der Waals surface area contributed by atoms with Gasteiger partial charge in [0.25, 0.3) is 0 Å². The number of aromatic nitrogens is 1. The molecular weight excluding hydrogens is 322 g/mol. The minimum atomic E-state index is -0.394. The topological polar surface area (TPSA) is 92.6 Å². The molecule has 2 N–H and O–H groups in total. The largest absolute Gasteiger partial charge is 0.374 e. The van der Waals surface area contributed by atoms with E-state index in [1.54, 1.807) is 13.0 Å². The normalized spacial score (nSPS) is 12.5. The van der Waals surface area contributed by atoms with Gasteiger partial charge in [-0.25, -0.2) is 4.98 Å². The predicted molar refractivity (Wildman–Crippen MR) is 101 cm³/mol. The number of rotatable bonds is 11. The zero-order chi connectivity index (χ0) is 19.0. The lowest BCUT2D eigenvalue weighted by molar-refractivity contribution is -0.384. The third-order valence-electron chi connectivity index (χ3n) is 3.52. The van der Waals surface area contributed by atoms with Crippen LogP contribution in [0.15, 0.2) is 6.07 Å². The number of hydrogen-bond acceptors (Lipinski definition) is 7. The van der Waals surface area contributed by atoms with Gasteiger partial charge in [-0.2, -0.15) is 0 Å². The van der Waals surface area contributed by atoms with Gasteiger partial charge in [-0.1, -0.05) is 0 Å². The Morgan fingerprint density at radius 2 is 2.00 bits per heavy atom. The van der Waals surface area contributed by atoms with E-state index in [0.29, 0.717) is 17.9 Å². The van der Waals surface area contributed by atoms with Crippen molar-refractivity contribution in [1.29, 1.82) is 0 Å². The second-order valence-electron chi connectivity index (χ2n) is 6.74. The van der Waals surface area contributed by atoms with Gasteiger partial charge in [0, 0.05) is 18.7 Å². The van der Waals surface area contributed by atoms with E-state index in [4.69, 9.17) is 4.74 Å². The van der Waals surface area contributed by atoms with Crippen molar-refractivity contribution in [3.63, 3.8) is 0 Å². The van der Waals surface area contributed by atoms with Gasteiger partial charge in [0.05, 0.1) is 17.1 Å². The molecule has 1 heterocycles. The molecule has 0 aromatic carbocycles. The Hall–Kier alpha value is -1.93. The van der Waals surface area contributed by atoms with E-state index in [1.165, 1.54) is 0 Å². The maximum absolute atomic E-state index is 11.4. The van der Waals surface area contributed by atoms with Crippen LogP contribution in [0.1, 0.15) is 32.8 Å². The van der Waals surface area contributed by atoms with Crippen LogP contribution in [0.4, 0.5) is 17.3 Å². The van der Waals surface area contributed by atoms with Gasteiger partial charge in [-0.3, -0.25) is 10.1 Å². The highest BCUT2D eigenvalue weighted by Gasteiger charge is 2.21. The Balaban J connectivity index is 2.82. The van der Waals surface area contributed by atoms with Crippen LogP contribution in [-0.4, -0.2) is 60.7 Å². The second kappa shape index (κ2) is 10.1. The molecule has 0 amide bonds. The first-order valence-corrected chi connectivity index (χ1v) is 8.64. The molecule has 0 radical (unpaired) electrons. The fraction of sp³-hybridized carbons (Fsp3) is 0.706. The highest BCUT2D eigenvalue weighted by Crippen LogP contribution is 2.29. The summed E-state index contributed by atoms with van der Waals surface area (Å²) >= 11 is 0. The third-order valence-corrected chi connectivity index (χ3v) is 3.52. The number of anilines is 2.